The molecular formula is C17H16ClFO2. The van der Waals surface area contributed by atoms with Crippen LogP contribution < -0.4 is 4.74 Å². The molecule has 0 aliphatic rings. The van der Waals surface area contributed by atoms with Crippen molar-refractivity contribution in [3.8, 4) is 5.75 Å². The highest BCUT2D eigenvalue weighted by Crippen LogP contribution is 2.24. The number of hydrogen-bond donors (Lipinski definition) is 0. The van der Waals surface area contributed by atoms with Gasteiger partial charge in [0, 0.05) is 5.56 Å². The molecular weight excluding hydrogens is 291 g/mol. The van der Waals surface area contributed by atoms with Crippen LogP contribution in [0.1, 0.15) is 29.3 Å². The standard InChI is InChI=1S/C17H16ClFO2/c1-2-4-12-7-9-13(10-8-12)15(20)11-21-16-6-3-5-14(18)17(16)19/h3,5-10H,2,4,11H2,1H3. The van der Waals surface area contributed by atoms with Crippen LogP contribution in [-0.2, 0) is 6.42 Å². The lowest BCUT2D eigenvalue weighted by molar-refractivity contribution is 0.0919. The Morgan fingerprint density at radius 1 is 1.19 bits per heavy atom. The van der Waals surface area contributed by atoms with Crippen molar-refractivity contribution in [3.63, 3.8) is 0 Å². The number of Topliss-reactive ketones (excluding diaryl/α,β-unsaturated/α-hetero) is 1. The van der Waals surface area contributed by atoms with Crippen molar-refractivity contribution < 1.29 is 13.9 Å². The van der Waals surface area contributed by atoms with Crippen LogP contribution >= 0.6 is 11.6 Å². The molecule has 0 aliphatic heterocycles. The average Bonchev–Trinajstić information content (AvgIpc) is 2.49. The average molecular weight is 307 g/mol. The third-order valence-electron chi connectivity index (χ3n) is 3.09. The number of aryl methyl sites for hydroxylation is 1. The largest absolute Gasteiger partial charge is 0.482 e. The van der Waals surface area contributed by atoms with E-state index in [0.717, 1.165) is 12.8 Å². The van der Waals surface area contributed by atoms with Gasteiger partial charge < -0.3 is 4.74 Å². The summed E-state index contributed by atoms with van der Waals surface area (Å²) in [4.78, 5) is 12.0. The fourth-order valence-corrected chi connectivity index (χ4v) is 2.13. The molecule has 0 unspecified atom stereocenters. The Hall–Kier alpha value is -1.87. The zero-order valence-corrected chi connectivity index (χ0v) is 12.5. The molecule has 0 fully saturated rings. The Kier molecular flexibility index (Phi) is 5.34. The molecule has 0 N–H and O–H groups in total. The lowest BCUT2D eigenvalue weighted by Crippen LogP contribution is -2.12. The molecule has 0 heterocycles. The topological polar surface area (TPSA) is 26.3 Å². The number of halogens is 2. The summed E-state index contributed by atoms with van der Waals surface area (Å²) < 4.78 is 18.8. The molecule has 0 saturated carbocycles. The Labute approximate surface area is 128 Å². The van der Waals surface area contributed by atoms with Crippen LogP contribution in [0.2, 0.25) is 5.02 Å². The fourth-order valence-electron chi connectivity index (χ4n) is 1.97. The third kappa shape index (κ3) is 4.05. The second-order valence-corrected chi connectivity index (χ2v) is 5.12. The van der Waals surface area contributed by atoms with E-state index < -0.39 is 5.82 Å². The van der Waals surface area contributed by atoms with E-state index in [1.165, 1.54) is 17.7 Å². The summed E-state index contributed by atoms with van der Waals surface area (Å²) in [6.45, 7) is 1.89. The molecule has 0 bridgehead atoms. The minimum Gasteiger partial charge on any atom is -0.482 e. The Balaban J connectivity index is 1.99. The number of carbonyl (C=O) groups is 1. The molecule has 2 aromatic carbocycles. The van der Waals surface area contributed by atoms with E-state index in [2.05, 4.69) is 6.92 Å². The molecule has 4 heteroatoms. The first kappa shape index (κ1) is 15.5. The number of rotatable bonds is 6. The van der Waals surface area contributed by atoms with Crippen molar-refractivity contribution in [1.82, 2.24) is 0 Å². The summed E-state index contributed by atoms with van der Waals surface area (Å²) in [5.41, 5.74) is 1.74. The first-order valence-corrected chi connectivity index (χ1v) is 7.18. The van der Waals surface area contributed by atoms with Crippen LogP contribution in [0.25, 0.3) is 0 Å². The second-order valence-electron chi connectivity index (χ2n) is 4.71. The molecule has 0 spiro atoms. The van der Waals surface area contributed by atoms with Crippen molar-refractivity contribution in [3.05, 3.63) is 64.4 Å². The Morgan fingerprint density at radius 3 is 2.57 bits per heavy atom. The molecule has 2 nitrogen and oxygen atoms in total. The molecule has 0 saturated heterocycles. The van der Waals surface area contributed by atoms with Gasteiger partial charge in [0.05, 0.1) is 5.02 Å². The molecule has 2 aromatic rings. The highest BCUT2D eigenvalue weighted by atomic mass is 35.5. The quantitative estimate of drug-likeness (QED) is 0.723. The normalized spacial score (nSPS) is 10.4. The van der Waals surface area contributed by atoms with Crippen LogP contribution in [0.15, 0.2) is 42.5 Å². The summed E-state index contributed by atoms with van der Waals surface area (Å²) in [6.07, 6.45) is 2.04. The van der Waals surface area contributed by atoms with E-state index in [9.17, 15) is 9.18 Å². The van der Waals surface area contributed by atoms with Crippen molar-refractivity contribution in [2.45, 2.75) is 19.8 Å². The number of hydrogen-bond acceptors (Lipinski definition) is 2. The zero-order valence-electron chi connectivity index (χ0n) is 11.7. The van der Waals surface area contributed by atoms with Crippen LogP contribution in [0.3, 0.4) is 0 Å². The smallest absolute Gasteiger partial charge is 0.200 e. The maximum atomic E-state index is 13.6. The molecule has 0 atom stereocenters. The van der Waals surface area contributed by atoms with E-state index in [0.29, 0.717) is 5.56 Å². The predicted octanol–water partition coefficient (Wildman–Crippen LogP) is 4.69. The number of ketones is 1. The summed E-state index contributed by atoms with van der Waals surface area (Å²) in [5, 5.41) is -0.0242. The van der Waals surface area contributed by atoms with Crippen LogP contribution in [0.4, 0.5) is 4.39 Å². The van der Waals surface area contributed by atoms with Gasteiger partial charge in [-0.25, -0.2) is 4.39 Å². The maximum absolute atomic E-state index is 13.6. The van der Waals surface area contributed by atoms with Gasteiger partial charge in [0.1, 0.15) is 0 Å². The molecule has 0 radical (unpaired) electrons. The van der Waals surface area contributed by atoms with Gasteiger partial charge in [-0.2, -0.15) is 0 Å². The summed E-state index contributed by atoms with van der Waals surface area (Å²) in [6, 6.07) is 11.8. The van der Waals surface area contributed by atoms with Crippen LogP contribution in [0.5, 0.6) is 5.75 Å². The van der Waals surface area contributed by atoms with Gasteiger partial charge in [0.15, 0.2) is 24.0 Å². The van der Waals surface area contributed by atoms with E-state index in [1.807, 2.05) is 12.1 Å². The number of benzene rings is 2. The number of ether oxygens (including phenoxy) is 1. The van der Waals surface area contributed by atoms with Crippen LogP contribution in [0, 0.1) is 5.82 Å². The molecule has 2 rings (SSSR count). The van der Waals surface area contributed by atoms with Gasteiger partial charge in [-0.05, 0) is 24.1 Å². The fraction of sp³-hybridized carbons (Fsp3) is 0.235. The highest BCUT2D eigenvalue weighted by molar-refractivity contribution is 6.30. The minimum absolute atomic E-state index is 0.0153. The molecule has 21 heavy (non-hydrogen) atoms. The van der Waals surface area contributed by atoms with Gasteiger partial charge >= 0.3 is 0 Å². The van der Waals surface area contributed by atoms with Gasteiger partial charge in [-0.15, -0.1) is 0 Å². The van der Waals surface area contributed by atoms with E-state index in [-0.39, 0.29) is 23.2 Å². The zero-order chi connectivity index (χ0) is 15.2. The van der Waals surface area contributed by atoms with E-state index in [1.54, 1.807) is 18.2 Å². The van der Waals surface area contributed by atoms with Crippen molar-refractivity contribution >= 4 is 17.4 Å². The summed E-state index contributed by atoms with van der Waals surface area (Å²) in [7, 11) is 0. The van der Waals surface area contributed by atoms with Crippen LogP contribution in [-0.4, -0.2) is 12.4 Å². The van der Waals surface area contributed by atoms with Crippen molar-refractivity contribution in [1.29, 1.82) is 0 Å². The van der Waals surface area contributed by atoms with Gasteiger partial charge in [-0.3, -0.25) is 4.79 Å². The predicted molar refractivity (Wildman–Crippen MR) is 81.7 cm³/mol. The van der Waals surface area contributed by atoms with E-state index in [4.69, 9.17) is 16.3 Å². The first-order valence-electron chi connectivity index (χ1n) is 6.80. The third-order valence-corrected chi connectivity index (χ3v) is 3.38. The molecule has 110 valence electrons. The first-order chi connectivity index (χ1) is 10.1. The maximum Gasteiger partial charge on any atom is 0.200 e. The van der Waals surface area contributed by atoms with Gasteiger partial charge in [-0.1, -0.05) is 55.3 Å². The molecule has 0 aliphatic carbocycles. The minimum atomic E-state index is -0.648. The molecule has 0 aromatic heterocycles. The monoisotopic (exact) mass is 306 g/mol. The highest BCUT2D eigenvalue weighted by Gasteiger charge is 2.11. The lowest BCUT2D eigenvalue weighted by Gasteiger charge is -2.07. The SMILES string of the molecule is CCCc1ccc(C(=O)COc2cccc(Cl)c2F)cc1. The Morgan fingerprint density at radius 2 is 1.90 bits per heavy atom. The summed E-state index contributed by atoms with van der Waals surface area (Å²) >= 11 is 5.65. The van der Waals surface area contributed by atoms with Crippen molar-refractivity contribution in [2.75, 3.05) is 6.61 Å². The summed E-state index contributed by atoms with van der Waals surface area (Å²) in [5.74, 6) is -0.860. The van der Waals surface area contributed by atoms with E-state index >= 15 is 0 Å². The van der Waals surface area contributed by atoms with Gasteiger partial charge in [0.25, 0.3) is 0 Å². The Bertz CT molecular complexity index is 623. The number of carbonyl (C=O) groups excluding carboxylic acids is 1. The molecule has 0 amide bonds. The van der Waals surface area contributed by atoms with Gasteiger partial charge in [0.2, 0.25) is 0 Å². The lowest BCUT2D eigenvalue weighted by atomic mass is 10.1. The van der Waals surface area contributed by atoms with Crippen molar-refractivity contribution in [2.24, 2.45) is 0 Å². The second kappa shape index (κ2) is 7.23.